The van der Waals surface area contributed by atoms with Gasteiger partial charge in [0.15, 0.2) is 0 Å². The second kappa shape index (κ2) is 7.15. The summed E-state index contributed by atoms with van der Waals surface area (Å²) in [6.45, 7) is 0.666. The summed E-state index contributed by atoms with van der Waals surface area (Å²) in [5, 5.41) is 12.4. The van der Waals surface area contributed by atoms with Crippen molar-refractivity contribution >= 4 is 5.91 Å². The molecule has 1 rings (SSSR count). The zero-order valence-electron chi connectivity index (χ0n) is 10.9. The van der Waals surface area contributed by atoms with Gasteiger partial charge in [-0.15, -0.1) is 10.1 Å². The number of carbonyl (C=O) groups is 1. The van der Waals surface area contributed by atoms with E-state index in [-0.39, 0.29) is 11.9 Å². The summed E-state index contributed by atoms with van der Waals surface area (Å²) in [5.74, 6) is -0.0763. The lowest BCUT2D eigenvalue weighted by atomic mass is 9.92. The molecule has 18 heavy (non-hydrogen) atoms. The lowest BCUT2D eigenvalue weighted by Crippen LogP contribution is -2.47. The predicted molar refractivity (Wildman–Crippen MR) is 65.4 cm³/mol. The number of hydrogen-bond acceptors (Lipinski definition) is 5. The molecule has 0 bridgehead atoms. The Morgan fingerprint density at radius 1 is 1.44 bits per heavy atom. The third-order valence-electron chi connectivity index (χ3n) is 3.06. The first-order chi connectivity index (χ1) is 8.49. The van der Waals surface area contributed by atoms with Crippen LogP contribution in [0.4, 0.5) is 0 Å². The number of nitrogens with zero attached hydrogens (tertiary/aromatic N) is 2. The summed E-state index contributed by atoms with van der Waals surface area (Å²) in [5.41, 5.74) is 0. The van der Waals surface area contributed by atoms with Gasteiger partial charge in [-0.25, -0.2) is 0 Å². The SMILES string of the molecule is CN(C)CCC(=O)N[C@@H]1CCCC[C@H]1O[N+](=O)[O-]. The third-order valence-corrected chi connectivity index (χ3v) is 3.06. The van der Waals surface area contributed by atoms with Gasteiger partial charge in [0.05, 0.1) is 6.04 Å². The van der Waals surface area contributed by atoms with E-state index in [1.165, 1.54) is 0 Å². The molecular weight excluding hydrogens is 238 g/mol. The second-order valence-electron chi connectivity index (χ2n) is 4.88. The summed E-state index contributed by atoms with van der Waals surface area (Å²) in [6.07, 6.45) is 3.14. The minimum atomic E-state index is -0.769. The van der Waals surface area contributed by atoms with E-state index in [4.69, 9.17) is 0 Å². The molecule has 7 nitrogen and oxygen atoms in total. The van der Waals surface area contributed by atoms with Crippen molar-refractivity contribution in [2.75, 3.05) is 20.6 Å². The molecule has 1 aliphatic rings. The number of nitrogens with one attached hydrogen (secondary N) is 1. The van der Waals surface area contributed by atoms with Gasteiger partial charge in [0.25, 0.3) is 5.09 Å². The van der Waals surface area contributed by atoms with Crippen LogP contribution < -0.4 is 5.32 Å². The average Bonchev–Trinajstić information content (AvgIpc) is 2.28. The molecule has 1 N–H and O–H groups in total. The number of hydrogen-bond donors (Lipinski definition) is 1. The van der Waals surface area contributed by atoms with Crippen LogP contribution in [0.3, 0.4) is 0 Å². The first kappa shape index (κ1) is 14.7. The van der Waals surface area contributed by atoms with E-state index < -0.39 is 11.2 Å². The summed E-state index contributed by atoms with van der Waals surface area (Å²) in [7, 11) is 3.79. The van der Waals surface area contributed by atoms with Crippen molar-refractivity contribution in [1.82, 2.24) is 10.2 Å². The summed E-state index contributed by atoms with van der Waals surface area (Å²) in [6, 6.07) is -0.237. The smallest absolute Gasteiger partial charge is 0.294 e. The topological polar surface area (TPSA) is 84.7 Å². The van der Waals surface area contributed by atoms with Crippen LogP contribution in [0.2, 0.25) is 0 Å². The monoisotopic (exact) mass is 259 g/mol. The van der Waals surface area contributed by atoms with Crippen molar-refractivity contribution in [2.24, 2.45) is 0 Å². The minimum Gasteiger partial charge on any atom is -0.351 e. The Morgan fingerprint density at radius 3 is 2.72 bits per heavy atom. The first-order valence-electron chi connectivity index (χ1n) is 6.24. The van der Waals surface area contributed by atoms with Crippen molar-refractivity contribution < 1.29 is 14.7 Å². The standard InChI is InChI=1S/C11H21N3O4/c1-13(2)8-7-11(15)12-9-5-3-4-6-10(9)18-14(16)17/h9-10H,3-8H2,1-2H3,(H,12,15)/t9-,10-/m1/s1. The maximum atomic E-state index is 11.7. The fourth-order valence-corrected chi connectivity index (χ4v) is 2.10. The second-order valence-corrected chi connectivity index (χ2v) is 4.88. The van der Waals surface area contributed by atoms with E-state index in [2.05, 4.69) is 10.2 Å². The largest absolute Gasteiger partial charge is 0.351 e. The number of rotatable bonds is 6. The van der Waals surface area contributed by atoms with Crippen LogP contribution in [-0.4, -0.2) is 48.7 Å². The molecule has 1 saturated carbocycles. The van der Waals surface area contributed by atoms with Gasteiger partial charge >= 0.3 is 0 Å². The number of amides is 1. The van der Waals surface area contributed by atoms with Gasteiger partial charge in [-0.2, -0.15) is 0 Å². The van der Waals surface area contributed by atoms with Crippen LogP contribution in [0.1, 0.15) is 32.1 Å². The van der Waals surface area contributed by atoms with Crippen molar-refractivity contribution in [1.29, 1.82) is 0 Å². The normalized spacial score (nSPS) is 23.7. The molecule has 0 radical (unpaired) electrons. The average molecular weight is 259 g/mol. The highest BCUT2D eigenvalue weighted by Crippen LogP contribution is 2.21. The molecule has 1 fully saturated rings. The molecule has 0 unspecified atom stereocenters. The van der Waals surface area contributed by atoms with Gasteiger partial charge in [0.2, 0.25) is 5.91 Å². The molecule has 0 spiro atoms. The Kier molecular flexibility index (Phi) is 5.84. The highest BCUT2D eigenvalue weighted by atomic mass is 17.0. The molecule has 104 valence electrons. The minimum absolute atomic E-state index is 0.0763. The van der Waals surface area contributed by atoms with Gasteiger partial charge in [-0.3, -0.25) is 4.79 Å². The van der Waals surface area contributed by atoms with Crippen LogP contribution in [0.25, 0.3) is 0 Å². The Balaban J connectivity index is 2.41. The maximum absolute atomic E-state index is 11.7. The quantitative estimate of drug-likeness (QED) is 0.557. The van der Waals surface area contributed by atoms with E-state index in [0.717, 1.165) is 19.3 Å². The molecule has 0 aromatic heterocycles. The van der Waals surface area contributed by atoms with E-state index in [0.29, 0.717) is 19.4 Å². The highest BCUT2D eigenvalue weighted by molar-refractivity contribution is 5.76. The van der Waals surface area contributed by atoms with Crippen molar-refractivity contribution in [3.8, 4) is 0 Å². The van der Waals surface area contributed by atoms with Gasteiger partial charge < -0.3 is 15.1 Å². The zero-order valence-corrected chi connectivity index (χ0v) is 10.9. The van der Waals surface area contributed by atoms with Crippen molar-refractivity contribution in [2.45, 2.75) is 44.2 Å². The van der Waals surface area contributed by atoms with Crippen molar-refractivity contribution in [3.63, 3.8) is 0 Å². The van der Waals surface area contributed by atoms with E-state index >= 15 is 0 Å². The predicted octanol–water partition coefficient (Wildman–Crippen LogP) is 0.574. The van der Waals surface area contributed by atoms with Gasteiger partial charge in [0.1, 0.15) is 6.10 Å². The molecule has 1 amide bonds. The van der Waals surface area contributed by atoms with E-state index in [1.54, 1.807) is 0 Å². The molecule has 0 aromatic carbocycles. The Morgan fingerprint density at radius 2 is 2.11 bits per heavy atom. The lowest BCUT2D eigenvalue weighted by molar-refractivity contribution is -0.770. The Bertz CT molecular complexity index is 296. The van der Waals surface area contributed by atoms with Crippen LogP contribution >= 0.6 is 0 Å². The van der Waals surface area contributed by atoms with Crippen LogP contribution in [-0.2, 0) is 9.63 Å². The van der Waals surface area contributed by atoms with Crippen LogP contribution in [0, 0.1) is 10.1 Å². The number of carbonyl (C=O) groups excluding carboxylic acids is 1. The maximum Gasteiger partial charge on any atom is 0.294 e. The summed E-state index contributed by atoms with van der Waals surface area (Å²) in [4.78, 5) is 28.6. The molecule has 0 aromatic rings. The molecular formula is C11H21N3O4. The zero-order chi connectivity index (χ0) is 13.5. The molecule has 7 heteroatoms. The van der Waals surface area contributed by atoms with E-state index in [1.807, 2.05) is 19.0 Å². The van der Waals surface area contributed by atoms with Gasteiger partial charge in [-0.05, 0) is 26.9 Å². The molecule has 0 saturated heterocycles. The summed E-state index contributed by atoms with van der Waals surface area (Å²) >= 11 is 0. The molecule has 1 aliphatic carbocycles. The molecule has 2 atom stereocenters. The lowest BCUT2D eigenvalue weighted by Gasteiger charge is -2.30. The first-order valence-corrected chi connectivity index (χ1v) is 6.24. The van der Waals surface area contributed by atoms with Crippen LogP contribution in [0.15, 0.2) is 0 Å². The van der Waals surface area contributed by atoms with Gasteiger partial charge in [0, 0.05) is 13.0 Å². The highest BCUT2D eigenvalue weighted by Gasteiger charge is 2.29. The molecule has 0 aliphatic heterocycles. The molecule has 0 heterocycles. The third kappa shape index (κ3) is 5.31. The Hall–Kier alpha value is -1.37. The van der Waals surface area contributed by atoms with Crippen LogP contribution in [0.5, 0.6) is 0 Å². The fourth-order valence-electron chi connectivity index (χ4n) is 2.10. The fraction of sp³-hybridized carbons (Fsp3) is 0.909. The van der Waals surface area contributed by atoms with E-state index in [9.17, 15) is 14.9 Å². The van der Waals surface area contributed by atoms with Crippen molar-refractivity contribution in [3.05, 3.63) is 10.1 Å². The van der Waals surface area contributed by atoms with Gasteiger partial charge in [-0.1, -0.05) is 12.8 Å². The summed E-state index contributed by atoms with van der Waals surface area (Å²) < 4.78 is 0. The Labute approximate surface area is 107 Å².